The van der Waals surface area contributed by atoms with E-state index in [1.807, 2.05) is 0 Å². The first-order valence-electron chi connectivity index (χ1n) is 27.7. The fourth-order valence-electron chi connectivity index (χ4n) is 12.1. The summed E-state index contributed by atoms with van der Waals surface area (Å²) >= 11 is 0. The molecule has 0 atom stereocenters. The van der Waals surface area contributed by atoms with Crippen LogP contribution < -0.4 is 43.7 Å². The van der Waals surface area contributed by atoms with Gasteiger partial charge >= 0.3 is 5.96 Å². The van der Waals surface area contributed by atoms with Crippen LogP contribution in [0.3, 0.4) is 0 Å². The third-order valence-electron chi connectivity index (χ3n) is 15.3. The van der Waals surface area contributed by atoms with E-state index in [2.05, 4.69) is 360 Å². The lowest BCUT2D eigenvalue weighted by atomic mass is 9.13. The van der Waals surface area contributed by atoms with Gasteiger partial charge < -0.3 is 4.48 Å². The van der Waals surface area contributed by atoms with Gasteiger partial charge in [0.25, 0.3) is 0 Å². The maximum atomic E-state index is 2.50. The molecule has 10 aromatic rings. The molecule has 0 unspecified atom stereocenters. The monoisotopic (exact) mass is 1020 g/mol. The van der Waals surface area contributed by atoms with Crippen LogP contribution in [-0.2, 0) is 13.1 Å². The minimum Gasteiger partial charge on any atom is -0.325 e. The molecule has 0 aliphatic carbocycles. The van der Waals surface area contributed by atoms with E-state index in [1.54, 1.807) is 0 Å². The van der Waals surface area contributed by atoms with Gasteiger partial charge in [0.05, 0.1) is 61.9 Å². The highest BCUT2D eigenvalue weighted by atomic mass is 15.4. The topological polar surface area (TPSA) is 9.49 Å². The van der Waals surface area contributed by atoms with E-state index in [-0.39, 0.29) is 0 Å². The molecule has 0 aromatic heterocycles. The molecule has 0 spiro atoms. The summed E-state index contributed by atoms with van der Waals surface area (Å²) in [7, 11) is 13.2. The van der Waals surface area contributed by atoms with Gasteiger partial charge in [-0.2, -0.15) is 43.7 Å². The second kappa shape index (κ2) is 27.6. The summed E-state index contributed by atoms with van der Waals surface area (Å²) in [5.74, 6) is 1.25. The van der Waals surface area contributed by atoms with Crippen LogP contribution in [0.25, 0.3) is 0 Å². The maximum Gasteiger partial charge on any atom is 0.349 e. The normalized spacial score (nSPS) is 11.2. The maximum absolute atomic E-state index is 2.50. The van der Waals surface area contributed by atoms with Crippen LogP contribution >= 0.6 is 0 Å². The van der Waals surface area contributed by atoms with Crippen molar-refractivity contribution in [2.45, 2.75) is 19.5 Å². The molecular weight excluding hydrogens is 942 g/mol. The number of hydrogen-bond acceptors (Lipinski definition) is 0. The van der Waals surface area contributed by atoms with Crippen molar-refractivity contribution in [1.29, 1.82) is 0 Å². The third-order valence-corrected chi connectivity index (χ3v) is 15.3. The lowest BCUT2D eigenvalue weighted by Crippen LogP contribution is -2.74. The molecule has 0 radical (unpaired) electrons. The SMILES string of the molecule is CN(C)C(N(CCC[N+](C)(C)Cc1ccccc1)Cc1ccccc1)=[N+](C)C.c1ccc([B-](c2ccccc2)(c2ccccc2)c2ccccc2)cc1.c1ccc([B-](c2ccccc2)(c2ccccc2)c2ccccc2)cc1. The highest BCUT2D eigenvalue weighted by molar-refractivity contribution is 7.20. The molecule has 4 nitrogen and oxygen atoms in total. The van der Waals surface area contributed by atoms with Crippen LogP contribution in [-0.4, -0.2) is 92.5 Å². The quantitative estimate of drug-likeness (QED) is 0.0314. The van der Waals surface area contributed by atoms with Crippen LogP contribution in [0.1, 0.15) is 17.5 Å². The summed E-state index contributed by atoms with van der Waals surface area (Å²) in [6, 6.07) is 109. The standard InChI is InChI=1S/2C24H20B.C24H38N4/c2*1-5-13-21(14-6-1)25(22-15-7-2-8-16-22,23-17-9-3-10-18-23)24-19-11-4-12-20-24;1-25(2)24(26(3)4)27(20-22-14-9-7-10-15-22)18-13-19-28(5,6)21-23-16-11-8-12-17-23/h2*1-20H;7-12,14-17H,13,18-21H2,1-6H3/q2*-1;+2. The lowest BCUT2D eigenvalue weighted by Gasteiger charge is -2.44. The van der Waals surface area contributed by atoms with E-state index in [1.165, 1.54) is 60.8 Å². The Balaban J connectivity index is 0.000000155. The first kappa shape index (κ1) is 55.8. The summed E-state index contributed by atoms with van der Waals surface area (Å²) in [6.45, 7) is 4.18. The number of quaternary nitrogens is 1. The predicted molar refractivity (Wildman–Crippen MR) is 340 cm³/mol. The Bertz CT molecular complexity index is 2800. The molecular formula is C72H78B2N4. The van der Waals surface area contributed by atoms with E-state index in [4.69, 9.17) is 0 Å². The van der Waals surface area contributed by atoms with E-state index in [0.717, 1.165) is 37.1 Å². The molecule has 0 saturated carbocycles. The smallest absolute Gasteiger partial charge is 0.325 e. The average Bonchev–Trinajstić information content (AvgIpc) is 3.55. The molecule has 10 aromatic carbocycles. The Morgan fingerprint density at radius 3 is 0.808 bits per heavy atom. The van der Waals surface area contributed by atoms with Crippen molar-refractivity contribution in [2.75, 3.05) is 55.4 Å². The van der Waals surface area contributed by atoms with Gasteiger partial charge in [0, 0.05) is 12.0 Å². The van der Waals surface area contributed by atoms with Gasteiger partial charge in [0.2, 0.25) is 0 Å². The van der Waals surface area contributed by atoms with Crippen molar-refractivity contribution in [3.63, 3.8) is 0 Å². The van der Waals surface area contributed by atoms with Crippen LogP contribution in [0.2, 0.25) is 0 Å². The molecule has 0 bridgehead atoms. The number of rotatable bonds is 16. The molecule has 0 saturated heterocycles. The summed E-state index contributed by atoms with van der Waals surface area (Å²) in [5, 5.41) is 0. The van der Waals surface area contributed by atoms with Gasteiger partial charge in [-0.3, -0.25) is 14.4 Å². The highest BCUT2D eigenvalue weighted by Crippen LogP contribution is 2.14. The third kappa shape index (κ3) is 13.7. The first-order valence-corrected chi connectivity index (χ1v) is 27.7. The molecule has 0 aliphatic heterocycles. The number of hydrogen-bond donors (Lipinski definition) is 0. The zero-order chi connectivity index (χ0) is 54.5. The summed E-state index contributed by atoms with van der Waals surface area (Å²) in [5.41, 5.74) is 13.5. The van der Waals surface area contributed by atoms with Gasteiger partial charge in [-0.25, -0.2) is 0 Å². The fourth-order valence-corrected chi connectivity index (χ4v) is 12.1. The van der Waals surface area contributed by atoms with Gasteiger partial charge in [-0.05, 0) is 5.56 Å². The van der Waals surface area contributed by atoms with Crippen molar-refractivity contribution >= 4 is 62.0 Å². The Hall–Kier alpha value is -8.44. The van der Waals surface area contributed by atoms with E-state index >= 15 is 0 Å². The number of nitrogens with zero attached hydrogens (tertiary/aromatic N) is 4. The molecule has 10 rings (SSSR count). The van der Waals surface area contributed by atoms with Crippen LogP contribution in [0.5, 0.6) is 0 Å². The molecule has 392 valence electrons. The Kier molecular flexibility index (Phi) is 19.7. The van der Waals surface area contributed by atoms with Crippen molar-refractivity contribution < 1.29 is 9.06 Å². The zero-order valence-corrected chi connectivity index (χ0v) is 46.8. The lowest BCUT2D eigenvalue weighted by molar-refractivity contribution is -0.903. The second-order valence-electron chi connectivity index (χ2n) is 21.7. The van der Waals surface area contributed by atoms with Gasteiger partial charge in [-0.1, -0.05) is 303 Å². The minimum absolute atomic E-state index is 0.929. The van der Waals surface area contributed by atoms with E-state index < -0.39 is 12.3 Å². The largest absolute Gasteiger partial charge is 0.349 e. The second-order valence-corrected chi connectivity index (χ2v) is 21.7. The Labute approximate surface area is 467 Å². The van der Waals surface area contributed by atoms with Gasteiger partial charge in [-0.15, -0.1) is 0 Å². The molecule has 78 heavy (non-hydrogen) atoms. The average molecular weight is 1020 g/mol. The van der Waals surface area contributed by atoms with E-state index in [9.17, 15) is 0 Å². The molecule has 0 amide bonds. The molecule has 0 aliphatic rings. The molecule has 0 N–H and O–H groups in total. The van der Waals surface area contributed by atoms with Crippen molar-refractivity contribution in [2.24, 2.45) is 0 Å². The van der Waals surface area contributed by atoms with Gasteiger partial charge in [0.15, 0.2) is 0 Å². The molecule has 0 heterocycles. The van der Waals surface area contributed by atoms with Crippen LogP contribution in [0.4, 0.5) is 0 Å². The van der Waals surface area contributed by atoms with Crippen LogP contribution in [0.15, 0.2) is 303 Å². The van der Waals surface area contributed by atoms with Crippen molar-refractivity contribution in [3.05, 3.63) is 314 Å². The zero-order valence-electron chi connectivity index (χ0n) is 46.8. The summed E-state index contributed by atoms with van der Waals surface area (Å²) < 4.78 is 3.22. The van der Waals surface area contributed by atoms with Gasteiger partial charge in [0.1, 0.15) is 18.8 Å². The molecule has 0 fully saturated rings. The van der Waals surface area contributed by atoms with Crippen LogP contribution in [0, 0.1) is 0 Å². The highest BCUT2D eigenvalue weighted by Gasteiger charge is 2.33. The first-order chi connectivity index (χ1) is 38.1. The summed E-state index contributed by atoms with van der Waals surface area (Å²) in [6.07, 6.45) is -1.28. The van der Waals surface area contributed by atoms with E-state index in [0.29, 0.717) is 0 Å². The number of guanidine groups is 1. The Morgan fingerprint density at radius 2 is 0.577 bits per heavy atom. The minimum atomic E-state index is -1.22. The summed E-state index contributed by atoms with van der Waals surface area (Å²) in [4.78, 5) is 4.71. The number of benzene rings is 10. The Morgan fingerprint density at radius 1 is 0.346 bits per heavy atom. The fraction of sp³-hybridized carbons (Fsp3) is 0.153. The van der Waals surface area contributed by atoms with Crippen molar-refractivity contribution in [1.82, 2.24) is 9.80 Å². The van der Waals surface area contributed by atoms with Crippen molar-refractivity contribution in [3.8, 4) is 0 Å². The predicted octanol–water partition coefficient (Wildman–Crippen LogP) is 9.47. The molecule has 6 heteroatoms.